The molecular formula is C14H15N3O3S. The summed E-state index contributed by atoms with van der Waals surface area (Å²) < 4.78 is 0. The molecule has 0 aliphatic heterocycles. The normalized spacial score (nSPS) is 10.1. The molecule has 6 nitrogen and oxygen atoms in total. The van der Waals surface area contributed by atoms with Gasteiger partial charge in [-0.3, -0.25) is 14.9 Å². The van der Waals surface area contributed by atoms with Gasteiger partial charge in [0, 0.05) is 19.2 Å². The van der Waals surface area contributed by atoms with Crippen LogP contribution in [0.1, 0.15) is 5.56 Å². The van der Waals surface area contributed by atoms with Crippen molar-refractivity contribution in [1.82, 2.24) is 5.32 Å². The molecular weight excluding hydrogens is 290 g/mol. The van der Waals surface area contributed by atoms with Crippen LogP contribution in [0.25, 0.3) is 0 Å². The number of amides is 1. The third-order valence-corrected chi connectivity index (χ3v) is 3.54. The highest BCUT2D eigenvalue weighted by Gasteiger charge is 2.11. The van der Waals surface area contributed by atoms with Crippen molar-refractivity contribution in [2.75, 3.05) is 18.4 Å². The topological polar surface area (TPSA) is 84.3 Å². The summed E-state index contributed by atoms with van der Waals surface area (Å²) in [6.45, 7) is 0.843. The maximum Gasteiger partial charge on any atom is 0.292 e. The number of carbonyl (C=O) groups excluding carboxylic acids is 1. The van der Waals surface area contributed by atoms with E-state index in [2.05, 4.69) is 10.6 Å². The van der Waals surface area contributed by atoms with E-state index in [9.17, 15) is 14.9 Å². The molecule has 2 aromatic rings. The largest absolute Gasteiger partial charge is 0.378 e. The molecule has 0 aliphatic rings. The molecule has 0 saturated carbocycles. The van der Waals surface area contributed by atoms with E-state index in [4.69, 9.17) is 0 Å². The molecule has 0 saturated heterocycles. The number of anilines is 1. The SMILES string of the molecule is O=C(Cc1ccsc1)NCCNc1ccccc1[N+](=O)[O-]. The molecule has 1 aromatic carbocycles. The van der Waals surface area contributed by atoms with Gasteiger partial charge in [-0.2, -0.15) is 11.3 Å². The standard InChI is InChI=1S/C14H15N3O3S/c18-14(9-11-5-8-21-10-11)16-7-6-15-12-3-1-2-4-13(12)17(19)20/h1-5,8,10,15H,6-7,9H2,(H,16,18). The zero-order chi connectivity index (χ0) is 15.1. The van der Waals surface area contributed by atoms with Gasteiger partial charge >= 0.3 is 0 Å². The maximum atomic E-state index is 11.7. The first-order valence-corrected chi connectivity index (χ1v) is 7.36. The van der Waals surface area contributed by atoms with Crippen LogP contribution in [0.4, 0.5) is 11.4 Å². The fourth-order valence-electron chi connectivity index (χ4n) is 1.82. The summed E-state index contributed by atoms with van der Waals surface area (Å²) in [5, 5.41) is 20.4. The predicted molar refractivity (Wildman–Crippen MR) is 82.6 cm³/mol. The third kappa shape index (κ3) is 4.57. The molecule has 1 amide bonds. The van der Waals surface area contributed by atoms with E-state index >= 15 is 0 Å². The van der Waals surface area contributed by atoms with Gasteiger partial charge in [0.25, 0.3) is 5.69 Å². The Morgan fingerprint density at radius 3 is 2.76 bits per heavy atom. The number of nitro benzene ring substituents is 1. The minimum absolute atomic E-state index is 0.0297. The van der Waals surface area contributed by atoms with Crippen LogP contribution in [0.2, 0.25) is 0 Å². The number of carbonyl (C=O) groups is 1. The number of nitro groups is 1. The van der Waals surface area contributed by atoms with E-state index in [0.29, 0.717) is 25.2 Å². The second-order valence-electron chi connectivity index (χ2n) is 4.36. The summed E-state index contributed by atoms with van der Waals surface area (Å²) in [6, 6.07) is 8.34. The van der Waals surface area contributed by atoms with Gasteiger partial charge in [-0.25, -0.2) is 0 Å². The first kappa shape index (κ1) is 15.0. The zero-order valence-corrected chi connectivity index (χ0v) is 12.1. The van der Waals surface area contributed by atoms with Gasteiger partial charge in [0.1, 0.15) is 5.69 Å². The van der Waals surface area contributed by atoms with Crippen LogP contribution in [-0.2, 0) is 11.2 Å². The minimum Gasteiger partial charge on any atom is -0.378 e. The van der Waals surface area contributed by atoms with Crippen LogP contribution in [0, 0.1) is 10.1 Å². The minimum atomic E-state index is -0.433. The van der Waals surface area contributed by atoms with Crippen molar-refractivity contribution in [3.05, 3.63) is 56.8 Å². The van der Waals surface area contributed by atoms with Crippen LogP contribution in [-0.4, -0.2) is 23.9 Å². The quantitative estimate of drug-likeness (QED) is 0.467. The van der Waals surface area contributed by atoms with E-state index in [0.717, 1.165) is 5.56 Å². The molecule has 0 fully saturated rings. The van der Waals surface area contributed by atoms with Gasteiger partial charge in [-0.15, -0.1) is 0 Å². The highest BCUT2D eigenvalue weighted by Crippen LogP contribution is 2.22. The Labute approximate surface area is 126 Å². The molecule has 1 aromatic heterocycles. The van der Waals surface area contributed by atoms with Gasteiger partial charge in [0.05, 0.1) is 11.3 Å². The highest BCUT2D eigenvalue weighted by molar-refractivity contribution is 7.07. The molecule has 1 heterocycles. The summed E-state index contributed by atoms with van der Waals surface area (Å²) in [5.74, 6) is -0.0576. The van der Waals surface area contributed by atoms with Gasteiger partial charge < -0.3 is 10.6 Å². The van der Waals surface area contributed by atoms with Gasteiger partial charge in [-0.1, -0.05) is 12.1 Å². The van der Waals surface area contributed by atoms with Crippen molar-refractivity contribution >= 4 is 28.6 Å². The summed E-state index contributed by atoms with van der Waals surface area (Å²) in [7, 11) is 0. The Hall–Kier alpha value is -2.41. The van der Waals surface area contributed by atoms with Crippen LogP contribution in [0.5, 0.6) is 0 Å². The molecule has 2 N–H and O–H groups in total. The molecule has 7 heteroatoms. The Balaban J connectivity index is 1.75. The Morgan fingerprint density at radius 2 is 2.05 bits per heavy atom. The van der Waals surface area contributed by atoms with E-state index in [1.807, 2.05) is 16.8 Å². The Morgan fingerprint density at radius 1 is 1.24 bits per heavy atom. The molecule has 0 unspecified atom stereocenters. The highest BCUT2D eigenvalue weighted by atomic mass is 32.1. The molecule has 0 atom stereocenters. The van der Waals surface area contributed by atoms with Crippen molar-refractivity contribution in [3.63, 3.8) is 0 Å². The number of nitrogens with zero attached hydrogens (tertiary/aromatic N) is 1. The number of benzene rings is 1. The number of para-hydroxylation sites is 2. The number of rotatable bonds is 7. The first-order chi connectivity index (χ1) is 10.2. The number of hydrogen-bond acceptors (Lipinski definition) is 5. The van der Waals surface area contributed by atoms with Crippen LogP contribution in [0.15, 0.2) is 41.1 Å². The lowest BCUT2D eigenvalue weighted by molar-refractivity contribution is -0.384. The number of hydrogen-bond donors (Lipinski definition) is 2. The smallest absolute Gasteiger partial charge is 0.292 e. The second kappa shape index (κ2) is 7.39. The lowest BCUT2D eigenvalue weighted by Gasteiger charge is -2.08. The van der Waals surface area contributed by atoms with Gasteiger partial charge in [-0.05, 0) is 28.5 Å². The molecule has 0 radical (unpaired) electrons. The predicted octanol–water partition coefficient (Wildman–Crippen LogP) is 2.43. The second-order valence-corrected chi connectivity index (χ2v) is 5.14. The van der Waals surface area contributed by atoms with Crippen molar-refractivity contribution in [3.8, 4) is 0 Å². The average molecular weight is 305 g/mol. The van der Waals surface area contributed by atoms with Crippen molar-refractivity contribution in [2.24, 2.45) is 0 Å². The summed E-state index contributed by atoms with van der Waals surface area (Å²) in [4.78, 5) is 22.1. The fraction of sp³-hybridized carbons (Fsp3) is 0.214. The molecule has 0 bridgehead atoms. The van der Waals surface area contributed by atoms with E-state index in [1.165, 1.54) is 6.07 Å². The van der Waals surface area contributed by atoms with E-state index in [1.54, 1.807) is 29.5 Å². The molecule has 2 rings (SSSR count). The Bertz CT molecular complexity index is 614. The number of thiophene rings is 1. The first-order valence-electron chi connectivity index (χ1n) is 6.42. The summed E-state index contributed by atoms with van der Waals surface area (Å²) in [5.41, 5.74) is 1.47. The van der Waals surface area contributed by atoms with Gasteiger partial charge in [0.15, 0.2) is 0 Å². The van der Waals surface area contributed by atoms with Crippen LogP contribution >= 0.6 is 11.3 Å². The van der Waals surface area contributed by atoms with Gasteiger partial charge in [0.2, 0.25) is 5.91 Å². The number of nitrogens with one attached hydrogen (secondary N) is 2. The van der Waals surface area contributed by atoms with Crippen molar-refractivity contribution in [2.45, 2.75) is 6.42 Å². The fourth-order valence-corrected chi connectivity index (χ4v) is 2.49. The maximum absolute atomic E-state index is 11.7. The lowest BCUT2D eigenvalue weighted by Crippen LogP contribution is -2.29. The lowest BCUT2D eigenvalue weighted by atomic mass is 10.2. The summed E-state index contributed by atoms with van der Waals surface area (Å²) >= 11 is 1.56. The summed E-state index contributed by atoms with van der Waals surface area (Å²) in [6.07, 6.45) is 0.356. The van der Waals surface area contributed by atoms with Crippen LogP contribution in [0.3, 0.4) is 0 Å². The molecule has 0 aliphatic carbocycles. The van der Waals surface area contributed by atoms with E-state index < -0.39 is 4.92 Å². The monoisotopic (exact) mass is 305 g/mol. The Kier molecular flexibility index (Phi) is 5.28. The van der Waals surface area contributed by atoms with Crippen molar-refractivity contribution < 1.29 is 9.72 Å². The van der Waals surface area contributed by atoms with Crippen LogP contribution < -0.4 is 10.6 Å². The van der Waals surface area contributed by atoms with Crippen molar-refractivity contribution in [1.29, 1.82) is 0 Å². The third-order valence-electron chi connectivity index (χ3n) is 2.81. The zero-order valence-electron chi connectivity index (χ0n) is 11.2. The van der Waals surface area contributed by atoms with E-state index in [-0.39, 0.29) is 11.6 Å². The molecule has 110 valence electrons. The average Bonchev–Trinajstić information content (AvgIpc) is 2.96. The molecule has 21 heavy (non-hydrogen) atoms. The molecule has 0 spiro atoms.